The molecule has 2 aromatic carbocycles. The van der Waals surface area contributed by atoms with Crippen molar-refractivity contribution in [2.24, 2.45) is 0 Å². The molecule has 132 valence electrons. The molecule has 7 nitrogen and oxygen atoms in total. The molecule has 0 heterocycles. The lowest BCUT2D eigenvalue weighted by Crippen LogP contribution is -2.41. The third kappa shape index (κ3) is 4.63. The number of carbonyl (C=O) groups is 2. The highest BCUT2D eigenvalue weighted by Crippen LogP contribution is 2.23. The van der Waals surface area contributed by atoms with E-state index in [-0.39, 0.29) is 5.56 Å². The van der Waals surface area contributed by atoms with Gasteiger partial charge in [0.05, 0.1) is 26.9 Å². The van der Waals surface area contributed by atoms with Crippen molar-refractivity contribution in [3.8, 4) is 17.2 Å². The summed E-state index contributed by atoms with van der Waals surface area (Å²) in [6.07, 6.45) is 0. The van der Waals surface area contributed by atoms with E-state index >= 15 is 0 Å². The quantitative estimate of drug-likeness (QED) is 0.742. The highest BCUT2D eigenvalue weighted by atomic mass is 79.9. The second-order valence-corrected chi connectivity index (χ2v) is 5.71. The summed E-state index contributed by atoms with van der Waals surface area (Å²) in [5.41, 5.74) is 5.31. The molecule has 0 saturated carbocycles. The average Bonchev–Trinajstić information content (AvgIpc) is 2.65. The number of halogens is 1. The maximum atomic E-state index is 12.3. The van der Waals surface area contributed by atoms with Crippen LogP contribution < -0.4 is 25.1 Å². The molecule has 0 saturated heterocycles. The molecular weight excluding hydrogens is 392 g/mol. The first-order valence-electron chi connectivity index (χ1n) is 7.15. The number of amides is 2. The standard InChI is InChI=1S/C17H17BrN2O5/c1-23-11-4-5-15(18)14(9-11)17(22)20-19-16(21)10-6-12(24-2)8-13(7-10)25-3/h4-9H,1-3H3,(H,19,21)(H,20,22). The Morgan fingerprint density at radius 2 is 1.36 bits per heavy atom. The van der Waals surface area contributed by atoms with Crippen LogP contribution in [0.5, 0.6) is 17.2 Å². The Labute approximate surface area is 153 Å². The first kappa shape index (κ1) is 18.6. The van der Waals surface area contributed by atoms with E-state index in [1.807, 2.05) is 0 Å². The second kappa shape index (κ2) is 8.39. The minimum atomic E-state index is -0.510. The molecule has 2 aromatic rings. The molecule has 25 heavy (non-hydrogen) atoms. The fourth-order valence-corrected chi connectivity index (χ4v) is 2.42. The molecule has 0 aliphatic rings. The Morgan fingerprint density at radius 3 is 1.92 bits per heavy atom. The fourth-order valence-electron chi connectivity index (χ4n) is 2.00. The van der Waals surface area contributed by atoms with Gasteiger partial charge >= 0.3 is 0 Å². The summed E-state index contributed by atoms with van der Waals surface area (Å²) in [6, 6.07) is 9.66. The number of carbonyl (C=O) groups excluding carboxylic acids is 2. The zero-order valence-electron chi connectivity index (χ0n) is 13.9. The minimum Gasteiger partial charge on any atom is -0.497 e. The number of methoxy groups -OCH3 is 3. The molecule has 0 fully saturated rings. The number of ether oxygens (including phenoxy) is 3. The maximum absolute atomic E-state index is 12.3. The van der Waals surface area contributed by atoms with Gasteiger partial charge in [-0.2, -0.15) is 0 Å². The lowest BCUT2D eigenvalue weighted by atomic mass is 10.2. The van der Waals surface area contributed by atoms with Crippen LogP contribution in [0.4, 0.5) is 0 Å². The Bertz CT molecular complexity index is 772. The van der Waals surface area contributed by atoms with E-state index in [0.717, 1.165) is 0 Å². The van der Waals surface area contributed by atoms with E-state index in [4.69, 9.17) is 14.2 Å². The van der Waals surface area contributed by atoms with Crippen LogP contribution in [-0.4, -0.2) is 33.1 Å². The van der Waals surface area contributed by atoms with Crippen LogP contribution >= 0.6 is 15.9 Å². The Hall–Kier alpha value is -2.74. The number of nitrogens with one attached hydrogen (secondary N) is 2. The fraction of sp³-hybridized carbons (Fsp3) is 0.176. The SMILES string of the molecule is COc1cc(OC)cc(C(=O)NNC(=O)c2cc(OC)ccc2Br)c1. The number of hydrogen-bond donors (Lipinski definition) is 2. The molecule has 2 N–H and O–H groups in total. The molecular formula is C17H17BrN2O5. The number of rotatable bonds is 5. The Morgan fingerprint density at radius 1 is 0.800 bits per heavy atom. The summed E-state index contributed by atoms with van der Waals surface area (Å²) in [5.74, 6) is 0.452. The van der Waals surface area contributed by atoms with Crippen LogP contribution in [0.25, 0.3) is 0 Å². The van der Waals surface area contributed by atoms with Crippen molar-refractivity contribution in [1.29, 1.82) is 0 Å². The van der Waals surface area contributed by atoms with Crippen molar-refractivity contribution in [1.82, 2.24) is 10.9 Å². The molecule has 0 aromatic heterocycles. The zero-order valence-corrected chi connectivity index (χ0v) is 15.5. The van der Waals surface area contributed by atoms with Crippen molar-refractivity contribution < 1.29 is 23.8 Å². The van der Waals surface area contributed by atoms with Gasteiger partial charge in [0.2, 0.25) is 0 Å². The monoisotopic (exact) mass is 408 g/mol. The van der Waals surface area contributed by atoms with E-state index < -0.39 is 11.8 Å². The predicted octanol–water partition coefficient (Wildman–Crippen LogP) is 2.55. The topological polar surface area (TPSA) is 85.9 Å². The van der Waals surface area contributed by atoms with Gasteiger partial charge in [-0.1, -0.05) is 0 Å². The largest absolute Gasteiger partial charge is 0.497 e. The summed E-state index contributed by atoms with van der Waals surface area (Å²) in [6.45, 7) is 0. The molecule has 8 heteroatoms. The minimum absolute atomic E-state index is 0.279. The van der Waals surface area contributed by atoms with Crippen molar-refractivity contribution in [3.63, 3.8) is 0 Å². The van der Waals surface area contributed by atoms with E-state index in [1.54, 1.807) is 24.3 Å². The van der Waals surface area contributed by atoms with Crippen LogP contribution in [0.15, 0.2) is 40.9 Å². The summed E-state index contributed by atoms with van der Waals surface area (Å²) >= 11 is 3.29. The van der Waals surface area contributed by atoms with E-state index in [2.05, 4.69) is 26.8 Å². The maximum Gasteiger partial charge on any atom is 0.270 e. The Kier molecular flexibility index (Phi) is 6.24. The number of hydrazine groups is 1. The van der Waals surface area contributed by atoms with Gasteiger partial charge in [0, 0.05) is 16.1 Å². The predicted molar refractivity (Wildman–Crippen MR) is 95.2 cm³/mol. The molecule has 2 rings (SSSR count). The van der Waals surface area contributed by atoms with Gasteiger partial charge in [-0.05, 0) is 46.3 Å². The van der Waals surface area contributed by atoms with Crippen molar-refractivity contribution >= 4 is 27.7 Å². The third-order valence-corrected chi connectivity index (χ3v) is 4.01. The smallest absolute Gasteiger partial charge is 0.270 e. The van der Waals surface area contributed by atoms with Gasteiger partial charge in [0.25, 0.3) is 11.8 Å². The van der Waals surface area contributed by atoms with E-state index in [1.165, 1.54) is 33.5 Å². The lowest BCUT2D eigenvalue weighted by molar-refractivity contribution is 0.0846. The van der Waals surface area contributed by atoms with Gasteiger partial charge in [0.15, 0.2) is 0 Å². The summed E-state index contributed by atoms with van der Waals surface area (Å²) < 4.78 is 15.9. The third-order valence-electron chi connectivity index (χ3n) is 3.32. The zero-order chi connectivity index (χ0) is 18.4. The van der Waals surface area contributed by atoms with Gasteiger partial charge < -0.3 is 14.2 Å². The first-order chi connectivity index (χ1) is 12.0. The molecule has 0 radical (unpaired) electrons. The molecule has 0 bridgehead atoms. The van der Waals surface area contributed by atoms with Crippen LogP contribution in [0, 0.1) is 0 Å². The second-order valence-electron chi connectivity index (χ2n) is 4.86. The summed E-state index contributed by atoms with van der Waals surface area (Å²) in [7, 11) is 4.47. The normalized spacial score (nSPS) is 9.92. The van der Waals surface area contributed by atoms with Crippen LogP contribution in [0.3, 0.4) is 0 Å². The molecule has 0 spiro atoms. The average molecular weight is 409 g/mol. The molecule has 0 unspecified atom stereocenters. The molecule has 0 aliphatic carbocycles. The first-order valence-corrected chi connectivity index (χ1v) is 7.95. The summed E-state index contributed by atoms with van der Waals surface area (Å²) in [4.78, 5) is 24.5. The van der Waals surface area contributed by atoms with Crippen LogP contribution in [0.2, 0.25) is 0 Å². The summed E-state index contributed by atoms with van der Waals surface area (Å²) in [5, 5.41) is 0. The Balaban J connectivity index is 2.11. The molecule has 0 atom stereocenters. The number of benzene rings is 2. The highest BCUT2D eigenvalue weighted by Gasteiger charge is 2.14. The van der Waals surface area contributed by atoms with Crippen molar-refractivity contribution in [3.05, 3.63) is 52.0 Å². The van der Waals surface area contributed by atoms with Crippen LogP contribution in [-0.2, 0) is 0 Å². The van der Waals surface area contributed by atoms with E-state index in [0.29, 0.717) is 27.3 Å². The van der Waals surface area contributed by atoms with Crippen molar-refractivity contribution in [2.45, 2.75) is 0 Å². The van der Waals surface area contributed by atoms with Crippen molar-refractivity contribution in [2.75, 3.05) is 21.3 Å². The molecule has 0 aliphatic heterocycles. The van der Waals surface area contributed by atoms with Gasteiger partial charge in [-0.25, -0.2) is 0 Å². The van der Waals surface area contributed by atoms with Gasteiger partial charge in [-0.3, -0.25) is 20.4 Å². The van der Waals surface area contributed by atoms with Gasteiger partial charge in [-0.15, -0.1) is 0 Å². The van der Waals surface area contributed by atoms with Gasteiger partial charge in [0.1, 0.15) is 17.2 Å². The van der Waals surface area contributed by atoms with Crippen LogP contribution in [0.1, 0.15) is 20.7 Å². The lowest BCUT2D eigenvalue weighted by Gasteiger charge is -2.11. The molecule has 2 amide bonds. The van der Waals surface area contributed by atoms with E-state index in [9.17, 15) is 9.59 Å². The highest BCUT2D eigenvalue weighted by molar-refractivity contribution is 9.10. The number of hydrogen-bond acceptors (Lipinski definition) is 5.